The molecular weight excluding hydrogens is 317 g/mol. The van der Waals surface area contributed by atoms with Crippen molar-refractivity contribution in [3.05, 3.63) is 90.2 Å². The molecule has 0 saturated heterocycles. The molecule has 0 aliphatic carbocycles. The van der Waals surface area contributed by atoms with Crippen molar-refractivity contribution in [2.75, 3.05) is 16.0 Å². The zero-order valence-corrected chi connectivity index (χ0v) is 13.5. The molecule has 0 spiro atoms. The van der Waals surface area contributed by atoms with Crippen molar-refractivity contribution in [1.29, 1.82) is 0 Å². The molecule has 0 aromatic heterocycles. The molecule has 3 aromatic rings. The van der Waals surface area contributed by atoms with Crippen LogP contribution in [0.1, 0.15) is 5.56 Å². The van der Waals surface area contributed by atoms with Gasteiger partial charge in [0.15, 0.2) is 0 Å². The molecule has 0 radical (unpaired) electrons. The topological polar surface area (TPSA) is 53.2 Å². The van der Waals surface area contributed by atoms with Crippen molar-refractivity contribution in [2.24, 2.45) is 0 Å². The van der Waals surface area contributed by atoms with E-state index in [9.17, 15) is 9.18 Å². The third-order valence-corrected chi connectivity index (χ3v) is 3.62. The second kappa shape index (κ2) is 7.97. The van der Waals surface area contributed by atoms with E-state index < -0.39 is 0 Å². The Labute approximate surface area is 145 Å². The summed E-state index contributed by atoms with van der Waals surface area (Å²) in [5.41, 5.74) is 2.84. The molecule has 0 heterocycles. The van der Waals surface area contributed by atoms with E-state index in [1.165, 1.54) is 6.07 Å². The zero-order valence-electron chi connectivity index (χ0n) is 13.5. The fourth-order valence-electron chi connectivity index (χ4n) is 2.33. The largest absolute Gasteiger partial charge is 0.381 e. The van der Waals surface area contributed by atoms with Crippen LogP contribution in [-0.4, -0.2) is 6.03 Å². The molecule has 126 valence electrons. The number of amides is 2. The average Bonchev–Trinajstić information content (AvgIpc) is 2.63. The van der Waals surface area contributed by atoms with Crippen LogP contribution >= 0.6 is 0 Å². The molecule has 3 aromatic carbocycles. The van der Waals surface area contributed by atoms with Crippen molar-refractivity contribution in [3.8, 4) is 0 Å². The quantitative estimate of drug-likeness (QED) is 0.609. The Bertz CT molecular complexity index is 835. The van der Waals surface area contributed by atoms with Crippen LogP contribution in [0.25, 0.3) is 0 Å². The van der Waals surface area contributed by atoms with E-state index in [2.05, 4.69) is 16.0 Å². The van der Waals surface area contributed by atoms with Gasteiger partial charge in [0.2, 0.25) is 0 Å². The van der Waals surface area contributed by atoms with E-state index in [1.807, 2.05) is 42.5 Å². The average molecular weight is 335 g/mol. The summed E-state index contributed by atoms with van der Waals surface area (Å²) in [6.45, 7) is 0.397. The first kappa shape index (κ1) is 16.5. The number of para-hydroxylation sites is 1. The summed E-state index contributed by atoms with van der Waals surface area (Å²) in [5, 5.41) is 8.67. The van der Waals surface area contributed by atoms with Crippen LogP contribution < -0.4 is 16.0 Å². The minimum atomic E-state index is -0.307. The number of nitrogens with one attached hydrogen (secondary N) is 3. The molecule has 0 aliphatic heterocycles. The molecule has 0 saturated carbocycles. The highest BCUT2D eigenvalue weighted by Gasteiger charge is 2.03. The van der Waals surface area contributed by atoms with Gasteiger partial charge in [-0.3, -0.25) is 0 Å². The SMILES string of the molecule is O=C(Nc1ccccc1)Nc1ccc(NCc2ccccc2F)cc1. The van der Waals surface area contributed by atoms with Gasteiger partial charge >= 0.3 is 6.03 Å². The Hall–Kier alpha value is -3.34. The van der Waals surface area contributed by atoms with Crippen molar-refractivity contribution < 1.29 is 9.18 Å². The van der Waals surface area contributed by atoms with E-state index in [1.54, 1.807) is 30.3 Å². The van der Waals surface area contributed by atoms with Gasteiger partial charge in [-0.2, -0.15) is 0 Å². The molecule has 0 aliphatic rings. The molecule has 0 unspecified atom stereocenters. The van der Waals surface area contributed by atoms with Gasteiger partial charge in [-0.15, -0.1) is 0 Å². The third-order valence-electron chi connectivity index (χ3n) is 3.62. The predicted octanol–water partition coefficient (Wildman–Crippen LogP) is 5.08. The predicted molar refractivity (Wildman–Crippen MR) is 99.3 cm³/mol. The first-order valence-corrected chi connectivity index (χ1v) is 7.91. The summed E-state index contributed by atoms with van der Waals surface area (Å²) in [5.74, 6) is -0.231. The van der Waals surface area contributed by atoms with Crippen molar-refractivity contribution in [3.63, 3.8) is 0 Å². The van der Waals surface area contributed by atoms with Gasteiger partial charge in [0.05, 0.1) is 0 Å². The smallest absolute Gasteiger partial charge is 0.323 e. The monoisotopic (exact) mass is 335 g/mol. The van der Waals surface area contributed by atoms with E-state index in [0.29, 0.717) is 17.8 Å². The van der Waals surface area contributed by atoms with Crippen LogP contribution in [0.4, 0.5) is 26.2 Å². The maximum Gasteiger partial charge on any atom is 0.323 e. The number of hydrogen-bond donors (Lipinski definition) is 3. The lowest BCUT2D eigenvalue weighted by Gasteiger charge is -2.10. The van der Waals surface area contributed by atoms with Gasteiger partial charge in [-0.25, -0.2) is 9.18 Å². The molecule has 2 amide bonds. The third kappa shape index (κ3) is 4.81. The number of halogens is 1. The number of hydrogen-bond acceptors (Lipinski definition) is 2. The second-order valence-corrected chi connectivity index (χ2v) is 5.47. The summed E-state index contributed by atoms with van der Waals surface area (Å²) < 4.78 is 13.6. The molecule has 3 N–H and O–H groups in total. The highest BCUT2D eigenvalue weighted by Crippen LogP contribution is 2.16. The zero-order chi connectivity index (χ0) is 17.5. The highest BCUT2D eigenvalue weighted by molar-refractivity contribution is 5.99. The summed E-state index contributed by atoms with van der Waals surface area (Å²) >= 11 is 0. The number of rotatable bonds is 5. The number of benzene rings is 3. The van der Waals surface area contributed by atoms with E-state index in [0.717, 1.165) is 11.4 Å². The lowest BCUT2D eigenvalue weighted by molar-refractivity contribution is 0.262. The van der Waals surface area contributed by atoms with Crippen LogP contribution in [0.15, 0.2) is 78.9 Å². The first-order chi connectivity index (χ1) is 12.2. The first-order valence-electron chi connectivity index (χ1n) is 7.91. The van der Waals surface area contributed by atoms with E-state index >= 15 is 0 Å². The molecule has 0 bridgehead atoms. The highest BCUT2D eigenvalue weighted by atomic mass is 19.1. The Morgan fingerprint density at radius 2 is 1.28 bits per heavy atom. The van der Waals surface area contributed by atoms with Crippen LogP contribution in [0.3, 0.4) is 0 Å². The van der Waals surface area contributed by atoms with Gasteiger partial charge in [-0.1, -0.05) is 36.4 Å². The fraction of sp³-hybridized carbons (Fsp3) is 0.0500. The number of anilines is 3. The Morgan fingerprint density at radius 1 is 0.720 bits per heavy atom. The van der Waals surface area contributed by atoms with Crippen LogP contribution in [0.2, 0.25) is 0 Å². The van der Waals surface area contributed by atoms with Gasteiger partial charge in [0.25, 0.3) is 0 Å². The number of carbonyl (C=O) groups excluding carboxylic acids is 1. The molecule has 0 atom stereocenters. The standard InChI is InChI=1S/C20H18FN3O/c21-19-9-5-4-6-15(19)14-22-16-10-12-18(13-11-16)24-20(25)23-17-7-2-1-3-8-17/h1-13,22H,14H2,(H2,23,24,25). The minimum Gasteiger partial charge on any atom is -0.381 e. The van der Waals surface area contributed by atoms with Crippen LogP contribution in [-0.2, 0) is 6.54 Å². The number of urea groups is 1. The summed E-state index contributed by atoms with van der Waals surface area (Å²) in [6, 6.07) is 22.8. The van der Waals surface area contributed by atoms with Crippen molar-refractivity contribution in [2.45, 2.75) is 6.54 Å². The molecular formula is C20H18FN3O. The van der Waals surface area contributed by atoms with Gasteiger partial charge in [-0.05, 0) is 42.5 Å². The van der Waals surface area contributed by atoms with Gasteiger partial charge in [0.1, 0.15) is 5.82 Å². The Balaban J connectivity index is 1.53. The van der Waals surface area contributed by atoms with E-state index in [-0.39, 0.29) is 11.8 Å². The minimum absolute atomic E-state index is 0.231. The lowest BCUT2D eigenvalue weighted by Crippen LogP contribution is -2.19. The van der Waals surface area contributed by atoms with Gasteiger partial charge < -0.3 is 16.0 Å². The molecule has 5 heteroatoms. The van der Waals surface area contributed by atoms with E-state index in [4.69, 9.17) is 0 Å². The maximum atomic E-state index is 13.6. The second-order valence-electron chi connectivity index (χ2n) is 5.47. The summed E-state index contributed by atoms with van der Waals surface area (Å²) in [6.07, 6.45) is 0. The maximum absolute atomic E-state index is 13.6. The number of carbonyl (C=O) groups is 1. The normalized spacial score (nSPS) is 10.1. The summed E-state index contributed by atoms with van der Waals surface area (Å²) in [7, 11) is 0. The molecule has 25 heavy (non-hydrogen) atoms. The summed E-state index contributed by atoms with van der Waals surface area (Å²) in [4.78, 5) is 11.9. The Morgan fingerprint density at radius 3 is 1.96 bits per heavy atom. The lowest BCUT2D eigenvalue weighted by atomic mass is 10.2. The molecule has 3 rings (SSSR count). The van der Waals surface area contributed by atoms with Crippen molar-refractivity contribution >= 4 is 23.1 Å². The van der Waals surface area contributed by atoms with Crippen LogP contribution in [0, 0.1) is 5.82 Å². The molecule has 0 fully saturated rings. The Kier molecular flexibility index (Phi) is 5.26. The fourth-order valence-corrected chi connectivity index (χ4v) is 2.33. The van der Waals surface area contributed by atoms with Crippen LogP contribution in [0.5, 0.6) is 0 Å². The van der Waals surface area contributed by atoms with Gasteiger partial charge in [0, 0.05) is 29.2 Å². The van der Waals surface area contributed by atoms with Crippen molar-refractivity contribution in [1.82, 2.24) is 0 Å². The molecule has 4 nitrogen and oxygen atoms in total.